The van der Waals surface area contributed by atoms with E-state index in [1.54, 1.807) is 18.2 Å². The second kappa shape index (κ2) is 6.05. The first kappa shape index (κ1) is 14.8. The number of rotatable bonds is 5. The fourth-order valence-electron chi connectivity index (χ4n) is 1.52. The molecular formula is C11H15Cl2NO2S. The van der Waals surface area contributed by atoms with Gasteiger partial charge in [0.2, 0.25) is 0 Å². The Morgan fingerprint density at radius 2 is 2.00 bits per heavy atom. The third kappa shape index (κ3) is 5.25. The Balaban J connectivity index is 2.64. The molecule has 0 saturated carbocycles. The van der Waals surface area contributed by atoms with Gasteiger partial charge < -0.3 is 5.73 Å². The second-order valence-corrected chi connectivity index (χ2v) is 7.15. The second-order valence-electron chi connectivity index (χ2n) is 4.04. The van der Waals surface area contributed by atoms with Gasteiger partial charge in [-0.25, -0.2) is 8.42 Å². The van der Waals surface area contributed by atoms with Crippen LogP contribution in [-0.2, 0) is 9.84 Å². The highest BCUT2D eigenvalue weighted by molar-refractivity contribution is 7.90. The quantitative estimate of drug-likeness (QED) is 0.909. The van der Waals surface area contributed by atoms with Gasteiger partial charge in [0, 0.05) is 28.1 Å². The molecule has 0 aromatic heterocycles. The predicted molar refractivity (Wildman–Crippen MR) is 72.3 cm³/mol. The molecule has 0 heterocycles. The summed E-state index contributed by atoms with van der Waals surface area (Å²) in [6, 6.07) is 4.81. The standard InChI is InChI=1S/C11H15Cl2NO2S/c1-17(15,16)6-2-3-11(14)9-7-8(12)4-5-10(9)13/h4-5,7,11H,2-3,6,14H2,1H3. The van der Waals surface area contributed by atoms with Crippen LogP contribution >= 0.6 is 23.2 Å². The smallest absolute Gasteiger partial charge is 0.147 e. The molecule has 1 aromatic carbocycles. The van der Waals surface area contributed by atoms with Gasteiger partial charge in [0.1, 0.15) is 9.84 Å². The molecule has 0 aliphatic rings. The van der Waals surface area contributed by atoms with E-state index < -0.39 is 9.84 Å². The van der Waals surface area contributed by atoms with Gasteiger partial charge in [-0.15, -0.1) is 0 Å². The molecular weight excluding hydrogens is 281 g/mol. The van der Waals surface area contributed by atoms with Crippen LogP contribution in [0.25, 0.3) is 0 Å². The Hall–Kier alpha value is -0.290. The monoisotopic (exact) mass is 295 g/mol. The minimum Gasteiger partial charge on any atom is -0.324 e. The van der Waals surface area contributed by atoms with Gasteiger partial charge in [-0.1, -0.05) is 23.2 Å². The third-order valence-corrected chi connectivity index (χ3v) is 4.00. The Kier molecular flexibility index (Phi) is 5.25. The summed E-state index contributed by atoms with van der Waals surface area (Å²) in [5.41, 5.74) is 6.71. The van der Waals surface area contributed by atoms with Crippen molar-refractivity contribution in [3.8, 4) is 0 Å². The Labute approximate surface area is 112 Å². The SMILES string of the molecule is CS(=O)(=O)CCCC(N)c1cc(Cl)ccc1Cl. The molecule has 6 heteroatoms. The summed E-state index contributed by atoms with van der Waals surface area (Å²) >= 11 is 11.9. The Bertz CT molecular complexity index is 488. The van der Waals surface area contributed by atoms with E-state index in [1.165, 1.54) is 6.26 Å². The number of halogens is 2. The summed E-state index contributed by atoms with van der Waals surface area (Å²) in [5, 5.41) is 1.13. The van der Waals surface area contributed by atoms with Gasteiger partial charge in [-0.2, -0.15) is 0 Å². The molecule has 2 N–H and O–H groups in total. The number of hydrogen-bond donors (Lipinski definition) is 1. The molecule has 0 aliphatic carbocycles. The predicted octanol–water partition coefficient (Wildman–Crippen LogP) is 2.82. The first-order valence-corrected chi connectivity index (χ1v) is 7.99. The maximum Gasteiger partial charge on any atom is 0.147 e. The lowest BCUT2D eigenvalue weighted by Gasteiger charge is -2.13. The zero-order valence-corrected chi connectivity index (χ0v) is 11.8. The van der Waals surface area contributed by atoms with Crippen LogP contribution in [0.4, 0.5) is 0 Å². The maximum absolute atomic E-state index is 11.0. The highest BCUT2D eigenvalue weighted by Gasteiger charge is 2.12. The molecule has 0 amide bonds. The molecule has 96 valence electrons. The molecule has 1 unspecified atom stereocenters. The minimum absolute atomic E-state index is 0.138. The fraction of sp³-hybridized carbons (Fsp3) is 0.455. The molecule has 1 rings (SSSR count). The molecule has 3 nitrogen and oxygen atoms in total. The highest BCUT2D eigenvalue weighted by Crippen LogP contribution is 2.27. The van der Waals surface area contributed by atoms with Crippen molar-refractivity contribution in [2.45, 2.75) is 18.9 Å². The summed E-state index contributed by atoms with van der Waals surface area (Å²) in [6.45, 7) is 0. The topological polar surface area (TPSA) is 60.2 Å². The van der Waals surface area contributed by atoms with Crippen molar-refractivity contribution in [2.75, 3.05) is 12.0 Å². The number of benzene rings is 1. The minimum atomic E-state index is -2.93. The summed E-state index contributed by atoms with van der Waals surface area (Å²) < 4.78 is 22.0. The number of hydrogen-bond acceptors (Lipinski definition) is 3. The molecule has 0 radical (unpaired) electrons. The van der Waals surface area contributed by atoms with Crippen molar-refractivity contribution in [3.05, 3.63) is 33.8 Å². The molecule has 0 saturated heterocycles. The average Bonchev–Trinajstić information content (AvgIpc) is 2.19. The van der Waals surface area contributed by atoms with Gasteiger partial charge in [-0.3, -0.25) is 0 Å². The van der Waals surface area contributed by atoms with Gasteiger partial charge >= 0.3 is 0 Å². The summed E-state index contributed by atoms with van der Waals surface area (Å²) in [5.74, 6) is 0.138. The lowest BCUT2D eigenvalue weighted by molar-refractivity contribution is 0.588. The van der Waals surface area contributed by atoms with Crippen molar-refractivity contribution in [2.24, 2.45) is 5.73 Å². The van der Waals surface area contributed by atoms with Crippen LogP contribution in [0.5, 0.6) is 0 Å². The van der Waals surface area contributed by atoms with Gasteiger partial charge in [0.15, 0.2) is 0 Å². The van der Waals surface area contributed by atoms with Gasteiger partial charge in [-0.05, 0) is 36.6 Å². The van der Waals surface area contributed by atoms with E-state index in [4.69, 9.17) is 28.9 Å². The number of nitrogens with two attached hydrogens (primary N) is 1. The number of sulfone groups is 1. The zero-order valence-electron chi connectivity index (χ0n) is 9.49. The van der Waals surface area contributed by atoms with Crippen LogP contribution in [0.3, 0.4) is 0 Å². The first-order valence-electron chi connectivity index (χ1n) is 5.18. The molecule has 0 spiro atoms. The van der Waals surface area contributed by atoms with E-state index in [9.17, 15) is 8.42 Å². The normalized spacial score (nSPS) is 13.6. The molecule has 0 fully saturated rings. The molecule has 0 bridgehead atoms. The molecule has 1 atom stereocenters. The summed E-state index contributed by atoms with van der Waals surface area (Å²) in [6.07, 6.45) is 2.29. The van der Waals surface area contributed by atoms with E-state index in [0.717, 1.165) is 5.56 Å². The van der Waals surface area contributed by atoms with Crippen molar-refractivity contribution in [1.29, 1.82) is 0 Å². The summed E-state index contributed by atoms with van der Waals surface area (Å²) in [7, 11) is -2.93. The van der Waals surface area contributed by atoms with E-state index in [1.807, 2.05) is 0 Å². The zero-order chi connectivity index (χ0) is 13.1. The molecule has 1 aromatic rings. The van der Waals surface area contributed by atoms with Crippen LogP contribution in [0, 0.1) is 0 Å². The molecule has 0 aliphatic heterocycles. The van der Waals surface area contributed by atoms with Crippen LogP contribution in [0.2, 0.25) is 10.0 Å². The molecule has 17 heavy (non-hydrogen) atoms. The lowest BCUT2D eigenvalue weighted by Crippen LogP contribution is -2.13. The maximum atomic E-state index is 11.0. The van der Waals surface area contributed by atoms with E-state index in [2.05, 4.69) is 0 Å². The van der Waals surface area contributed by atoms with Crippen molar-refractivity contribution in [3.63, 3.8) is 0 Å². The lowest BCUT2D eigenvalue weighted by atomic mass is 10.0. The van der Waals surface area contributed by atoms with E-state index in [0.29, 0.717) is 22.9 Å². The van der Waals surface area contributed by atoms with Crippen LogP contribution in [-0.4, -0.2) is 20.4 Å². The van der Waals surface area contributed by atoms with E-state index in [-0.39, 0.29) is 11.8 Å². The van der Waals surface area contributed by atoms with Crippen molar-refractivity contribution in [1.82, 2.24) is 0 Å². The summed E-state index contributed by atoms with van der Waals surface area (Å²) in [4.78, 5) is 0. The largest absolute Gasteiger partial charge is 0.324 e. The van der Waals surface area contributed by atoms with Crippen molar-refractivity contribution >= 4 is 33.0 Å². The van der Waals surface area contributed by atoms with Crippen LogP contribution in [0.15, 0.2) is 18.2 Å². The average molecular weight is 296 g/mol. The van der Waals surface area contributed by atoms with Gasteiger partial charge in [0.05, 0.1) is 0 Å². The fourth-order valence-corrected chi connectivity index (χ4v) is 2.65. The van der Waals surface area contributed by atoms with E-state index >= 15 is 0 Å². The highest BCUT2D eigenvalue weighted by atomic mass is 35.5. The van der Waals surface area contributed by atoms with Crippen LogP contribution < -0.4 is 5.73 Å². The Morgan fingerprint density at radius 1 is 1.35 bits per heavy atom. The van der Waals surface area contributed by atoms with Crippen molar-refractivity contribution < 1.29 is 8.42 Å². The first-order chi connectivity index (χ1) is 7.79. The van der Waals surface area contributed by atoms with Gasteiger partial charge in [0.25, 0.3) is 0 Å². The third-order valence-electron chi connectivity index (χ3n) is 2.39. The Morgan fingerprint density at radius 3 is 2.59 bits per heavy atom. The van der Waals surface area contributed by atoms with Crippen LogP contribution in [0.1, 0.15) is 24.4 Å².